The first-order chi connectivity index (χ1) is 16.5. The number of carbonyl (C=O) groups is 2. The number of nitrogens with one attached hydrogen (secondary N) is 1. The Bertz CT molecular complexity index is 1330. The smallest absolute Gasteiger partial charge is 0.269 e. The Morgan fingerprint density at radius 3 is 2.71 bits per heavy atom. The van der Waals surface area contributed by atoms with E-state index in [0.717, 1.165) is 18.4 Å². The average molecular weight is 454 g/mol. The predicted molar refractivity (Wildman–Crippen MR) is 124 cm³/mol. The lowest BCUT2D eigenvalue weighted by Gasteiger charge is -2.36. The van der Waals surface area contributed by atoms with Crippen LogP contribution in [0.2, 0.25) is 0 Å². The topological polar surface area (TPSA) is 105 Å². The summed E-state index contributed by atoms with van der Waals surface area (Å²) in [4.78, 5) is 45.5. The summed E-state index contributed by atoms with van der Waals surface area (Å²) in [6.07, 6.45) is 4.84. The fraction of sp³-hybridized carbons (Fsp3) is 0.269. The minimum Gasteiger partial charge on any atom is -0.324 e. The predicted octanol–water partition coefficient (Wildman–Crippen LogP) is 3.90. The van der Waals surface area contributed by atoms with Crippen LogP contribution in [-0.4, -0.2) is 39.1 Å². The Hall–Kier alpha value is -3.91. The summed E-state index contributed by atoms with van der Waals surface area (Å²) >= 11 is 0. The van der Waals surface area contributed by atoms with Gasteiger partial charge in [0.25, 0.3) is 5.69 Å². The molecule has 3 aliphatic rings. The molecular formula is C26H22N4O4. The Balaban J connectivity index is 1.62. The van der Waals surface area contributed by atoms with E-state index in [9.17, 15) is 19.7 Å². The van der Waals surface area contributed by atoms with Crippen LogP contribution in [0.4, 0.5) is 11.4 Å². The van der Waals surface area contributed by atoms with E-state index in [1.54, 1.807) is 36.7 Å². The third kappa shape index (κ3) is 2.72. The van der Waals surface area contributed by atoms with Crippen LogP contribution in [0.1, 0.15) is 40.2 Å². The molecule has 34 heavy (non-hydrogen) atoms. The number of benzene rings is 2. The monoisotopic (exact) mass is 454 g/mol. The molecule has 4 atom stereocenters. The van der Waals surface area contributed by atoms with Gasteiger partial charge in [-0.3, -0.25) is 29.6 Å². The van der Waals surface area contributed by atoms with Gasteiger partial charge in [0.05, 0.1) is 10.8 Å². The molecule has 0 bridgehead atoms. The zero-order chi connectivity index (χ0) is 23.4. The number of anilines is 1. The number of aromatic nitrogens is 1. The van der Waals surface area contributed by atoms with Gasteiger partial charge in [-0.25, -0.2) is 0 Å². The molecule has 2 saturated heterocycles. The van der Waals surface area contributed by atoms with E-state index in [4.69, 9.17) is 0 Å². The molecule has 0 unspecified atom stereocenters. The number of fused-ring (bicyclic) bond motifs is 4. The van der Waals surface area contributed by atoms with Crippen LogP contribution in [0.3, 0.4) is 0 Å². The number of hydrogen-bond donors (Lipinski definition) is 1. The van der Waals surface area contributed by atoms with Crippen molar-refractivity contribution in [2.45, 2.75) is 30.3 Å². The molecule has 4 heterocycles. The second-order valence-corrected chi connectivity index (χ2v) is 9.12. The Morgan fingerprint density at radius 1 is 1.12 bits per heavy atom. The summed E-state index contributed by atoms with van der Waals surface area (Å²) in [7, 11) is 0. The maximum atomic E-state index is 14.2. The van der Waals surface area contributed by atoms with E-state index in [1.165, 1.54) is 6.07 Å². The molecule has 8 nitrogen and oxygen atoms in total. The number of nitrogens with zero attached hydrogens (tertiary/aromatic N) is 3. The number of pyridine rings is 1. The first-order valence-corrected chi connectivity index (χ1v) is 11.4. The molecule has 3 aliphatic heterocycles. The standard InChI is InChI=1S/C26H22N4O4/c31-24(16-10-12-27-13-11-16)23-22(17-5-3-6-18(15-17)30(33)34)21-9-4-14-29(21)26(23)19-7-1-2-8-20(19)28-25(26)32/h1-3,5-8,10-13,15,21-23H,4,9,14H2,(H,28,32)/t21-,22-,23-,26-/m1/s1. The largest absolute Gasteiger partial charge is 0.324 e. The second-order valence-electron chi connectivity index (χ2n) is 9.12. The Kier molecular flexibility index (Phi) is 4.60. The molecule has 1 N–H and O–H groups in total. The quantitative estimate of drug-likeness (QED) is 0.364. The number of nitro groups is 1. The lowest BCUT2D eigenvalue weighted by atomic mass is 9.69. The van der Waals surface area contributed by atoms with Gasteiger partial charge in [-0.1, -0.05) is 30.3 Å². The van der Waals surface area contributed by atoms with E-state index in [2.05, 4.69) is 15.2 Å². The van der Waals surface area contributed by atoms with Gasteiger partial charge < -0.3 is 5.32 Å². The highest BCUT2D eigenvalue weighted by molar-refractivity contribution is 6.12. The molecule has 3 aromatic rings. The molecule has 2 aromatic carbocycles. The van der Waals surface area contributed by atoms with E-state index in [1.807, 2.05) is 30.3 Å². The number of rotatable bonds is 4. The van der Waals surface area contributed by atoms with Gasteiger partial charge in [-0.2, -0.15) is 0 Å². The lowest BCUT2D eigenvalue weighted by Crippen LogP contribution is -2.52. The maximum Gasteiger partial charge on any atom is 0.269 e. The van der Waals surface area contributed by atoms with Crippen LogP contribution in [0, 0.1) is 16.0 Å². The van der Waals surface area contributed by atoms with Gasteiger partial charge in [0.15, 0.2) is 5.78 Å². The minimum atomic E-state index is -1.17. The summed E-state index contributed by atoms with van der Waals surface area (Å²) < 4.78 is 0. The number of ketones is 1. The van der Waals surface area contributed by atoms with E-state index >= 15 is 0 Å². The summed E-state index contributed by atoms with van der Waals surface area (Å²) in [5.41, 5.74) is 1.51. The van der Waals surface area contributed by atoms with Crippen LogP contribution in [0.25, 0.3) is 0 Å². The zero-order valence-electron chi connectivity index (χ0n) is 18.3. The van der Waals surface area contributed by atoms with Crippen molar-refractivity contribution in [1.82, 2.24) is 9.88 Å². The molecule has 0 saturated carbocycles. The van der Waals surface area contributed by atoms with Gasteiger partial charge in [0, 0.05) is 53.3 Å². The summed E-state index contributed by atoms with van der Waals surface area (Å²) in [6, 6.07) is 17.3. The van der Waals surface area contributed by atoms with Crippen molar-refractivity contribution in [2.24, 2.45) is 5.92 Å². The molecule has 1 aromatic heterocycles. The van der Waals surface area contributed by atoms with Gasteiger partial charge in [0.1, 0.15) is 5.54 Å². The average Bonchev–Trinajstić information content (AvgIpc) is 3.52. The number of nitro benzene ring substituents is 1. The van der Waals surface area contributed by atoms with Crippen molar-refractivity contribution in [3.05, 3.63) is 99.9 Å². The van der Waals surface area contributed by atoms with Crippen LogP contribution in [0.5, 0.6) is 0 Å². The van der Waals surface area contributed by atoms with Crippen LogP contribution in [-0.2, 0) is 10.3 Å². The molecule has 1 spiro atoms. The second kappa shape index (κ2) is 7.56. The van der Waals surface area contributed by atoms with E-state index < -0.39 is 16.4 Å². The van der Waals surface area contributed by atoms with Gasteiger partial charge in [0.2, 0.25) is 5.91 Å². The number of amides is 1. The summed E-state index contributed by atoms with van der Waals surface area (Å²) in [5, 5.41) is 14.6. The van der Waals surface area contributed by atoms with E-state index in [-0.39, 0.29) is 29.3 Å². The summed E-state index contributed by atoms with van der Waals surface area (Å²) in [5.74, 6) is -1.48. The van der Waals surface area contributed by atoms with Crippen LogP contribution < -0.4 is 5.32 Å². The maximum absolute atomic E-state index is 14.2. The number of non-ortho nitro benzene ring substituents is 1. The zero-order valence-corrected chi connectivity index (χ0v) is 18.3. The number of Topliss-reactive ketones (excluding diaryl/α,β-unsaturated/α-hetero) is 1. The van der Waals surface area contributed by atoms with Gasteiger partial charge in [-0.15, -0.1) is 0 Å². The normalized spacial score (nSPS) is 27.4. The molecular weight excluding hydrogens is 432 g/mol. The fourth-order valence-corrected chi connectivity index (χ4v) is 6.43. The molecule has 2 fully saturated rings. The fourth-order valence-electron chi connectivity index (χ4n) is 6.43. The SMILES string of the molecule is O=C(c1ccncc1)[C@H]1[C@H](c2cccc([N+](=O)[O-])c2)[C@H]2CCCN2[C@@]12C(=O)Nc1ccccc12. The Labute approximate surface area is 195 Å². The lowest BCUT2D eigenvalue weighted by molar-refractivity contribution is -0.384. The highest BCUT2D eigenvalue weighted by Crippen LogP contribution is 2.61. The van der Waals surface area contributed by atoms with Crippen molar-refractivity contribution in [3.63, 3.8) is 0 Å². The number of hydrogen-bond acceptors (Lipinski definition) is 6. The molecule has 8 heteroatoms. The van der Waals surface area contributed by atoms with Crippen molar-refractivity contribution in [1.29, 1.82) is 0 Å². The summed E-state index contributed by atoms with van der Waals surface area (Å²) in [6.45, 7) is 0.679. The minimum absolute atomic E-state index is 0.0191. The molecule has 6 rings (SSSR count). The molecule has 1 amide bonds. The van der Waals surface area contributed by atoms with Crippen molar-refractivity contribution in [3.8, 4) is 0 Å². The van der Waals surface area contributed by atoms with Crippen molar-refractivity contribution in [2.75, 3.05) is 11.9 Å². The number of para-hydroxylation sites is 1. The molecule has 0 aliphatic carbocycles. The van der Waals surface area contributed by atoms with Crippen LogP contribution in [0.15, 0.2) is 73.1 Å². The van der Waals surface area contributed by atoms with Crippen LogP contribution >= 0.6 is 0 Å². The van der Waals surface area contributed by atoms with Gasteiger partial charge >= 0.3 is 0 Å². The number of carbonyl (C=O) groups excluding carboxylic acids is 2. The third-order valence-corrected chi connectivity index (χ3v) is 7.62. The van der Waals surface area contributed by atoms with E-state index in [0.29, 0.717) is 23.4 Å². The van der Waals surface area contributed by atoms with Crippen molar-refractivity contribution < 1.29 is 14.5 Å². The first kappa shape index (κ1) is 20.7. The highest BCUT2D eigenvalue weighted by atomic mass is 16.6. The molecule has 0 radical (unpaired) electrons. The first-order valence-electron chi connectivity index (χ1n) is 11.4. The Morgan fingerprint density at radius 2 is 1.91 bits per heavy atom. The molecule has 170 valence electrons. The van der Waals surface area contributed by atoms with Gasteiger partial charge in [-0.05, 0) is 43.1 Å². The third-order valence-electron chi connectivity index (χ3n) is 7.62. The van der Waals surface area contributed by atoms with Crippen molar-refractivity contribution >= 4 is 23.1 Å². The highest BCUT2D eigenvalue weighted by Gasteiger charge is 2.69.